The monoisotopic (exact) mass is 330 g/mol. The summed E-state index contributed by atoms with van der Waals surface area (Å²) in [6.07, 6.45) is 0. The Balaban J connectivity index is 2.35. The van der Waals surface area contributed by atoms with E-state index in [1.165, 1.54) is 0 Å². The van der Waals surface area contributed by atoms with Crippen LogP contribution in [0.25, 0.3) is 0 Å². The molecule has 4 nitrogen and oxygen atoms in total. The quantitative estimate of drug-likeness (QED) is 0.681. The van der Waals surface area contributed by atoms with Gasteiger partial charge in [0.1, 0.15) is 5.75 Å². The van der Waals surface area contributed by atoms with Crippen LogP contribution in [0.2, 0.25) is 0 Å². The number of hydrogen-bond donors (Lipinski definition) is 2. The molecule has 0 fully saturated rings. The Hall–Kier alpha value is -0.620. The van der Waals surface area contributed by atoms with E-state index >= 15 is 0 Å². The van der Waals surface area contributed by atoms with Gasteiger partial charge in [-0.1, -0.05) is 22.0 Å². The molecule has 0 saturated carbocycles. The van der Waals surface area contributed by atoms with Gasteiger partial charge in [0.25, 0.3) is 0 Å². The molecule has 0 amide bonds. The van der Waals surface area contributed by atoms with Crippen LogP contribution in [-0.4, -0.2) is 40.0 Å². The van der Waals surface area contributed by atoms with Crippen LogP contribution in [-0.2, 0) is 11.3 Å². The Morgan fingerprint density at radius 3 is 2.79 bits per heavy atom. The lowest BCUT2D eigenvalue weighted by molar-refractivity contribution is 0.198. The Morgan fingerprint density at radius 2 is 2.11 bits per heavy atom. The molecule has 0 saturated heterocycles. The zero-order valence-electron chi connectivity index (χ0n) is 11.8. The molecular formula is C14H23BrN2O2. The van der Waals surface area contributed by atoms with Crippen LogP contribution in [0.1, 0.15) is 12.5 Å². The Kier molecular flexibility index (Phi) is 8.05. The van der Waals surface area contributed by atoms with Crippen LogP contribution < -0.4 is 15.4 Å². The van der Waals surface area contributed by atoms with Crippen LogP contribution in [0.3, 0.4) is 0 Å². The topological polar surface area (TPSA) is 42.5 Å². The molecule has 1 rings (SSSR count). The lowest BCUT2D eigenvalue weighted by atomic mass is 10.2. The van der Waals surface area contributed by atoms with Gasteiger partial charge in [-0.3, -0.25) is 0 Å². The minimum atomic E-state index is 0.394. The van der Waals surface area contributed by atoms with Crippen molar-refractivity contribution in [3.05, 3.63) is 28.2 Å². The van der Waals surface area contributed by atoms with E-state index in [9.17, 15) is 0 Å². The predicted molar refractivity (Wildman–Crippen MR) is 81.7 cm³/mol. The average Bonchev–Trinajstić information content (AvgIpc) is 2.42. The molecule has 2 N–H and O–H groups in total. The molecule has 19 heavy (non-hydrogen) atoms. The summed E-state index contributed by atoms with van der Waals surface area (Å²) >= 11 is 3.44. The van der Waals surface area contributed by atoms with Crippen molar-refractivity contribution in [2.45, 2.75) is 19.5 Å². The summed E-state index contributed by atoms with van der Waals surface area (Å²) in [5.74, 6) is 0.904. The van der Waals surface area contributed by atoms with Gasteiger partial charge in [-0.05, 0) is 19.1 Å². The van der Waals surface area contributed by atoms with E-state index < -0.39 is 0 Å². The summed E-state index contributed by atoms with van der Waals surface area (Å²) in [6.45, 7) is 5.49. The van der Waals surface area contributed by atoms with Crippen molar-refractivity contribution in [3.8, 4) is 5.75 Å². The number of ether oxygens (including phenoxy) is 2. The maximum Gasteiger partial charge on any atom is 0.124 e. The standard InChI is InChI=1S/C14H23BrN2O2/c1-11(9-16-6-7-18-2)17-10-12-4-5-13(15)8-14(12)19-3/h4-5,8,11,16-17H,6-7,9-10H2,1-3H3. The highest BCUT2D eigenvalue weighted by Gasteiger charge is 2.06. The zero-order chi connectivity index (χ0) is 14.1. The molecule has 1 aromatic rings. The highest BCUT2D eigenvalue weighted by Crippen LogP contribution is 2.23. The zero-order valence-corrected chi connectivity index (χ0v) is 13.4. The van der Waals surface area contributed by atoms with Crippen molar-refractivity contribution in [2.24, 2.45) is 0 Å². The maximum atomic E-state index is 5.37. The third kappa shape index (κ3) is 6.38. The molecule has 0 aliphatic carbocycles. The molecule has 0 aromatic heterocycles. The van der Waals surface area contributed by atoms with Gasteiger partial charge in [-0.25, -0.2) is 0 Å². The van der Waals surface area contributed by atoms with Gasteiger partial charge in [-0.2, -0.15) is 0 Å². The maximum absolute atomic E-state index is 5.37. The Morgan fingerprint density at radius 1 is 1.32 bits per heavy atom. The second-order valence-corrected chi connectivity index (χ2v) is 5.35. The number of rotatable bonds is 9. The lowest BCUT2D eigenvalue weighted by Crippen LogP contribution is -2.37. The minimum absolute atomic E-state index is 0.394. The molecule has 0 aliphatic heterocycles. The van der Waals surface area contributed by atoms with Crippen molar-refractivity contribution in [3.63, 3.8) is 0 Å². The number of halogens is 1. The molecule has 0 radical (unpaired) electrons. The van der Waals surface area contributed by atoms with Gasteiger partial charge < -0.3 is 20.1 Å². The largest absolute Gasteiger partial charge is 0.496 e. The van der Waals surface area contributed by atoms with Gasteiger partial charge >= 0.3 is 0 Å². The van der Waals surface area contributed by atoms with E-state index in [-0.39, 0.29) is 0 Å². The van der Waals surface area contributed by atoms with Crippen molar-refractivity contribution < 1.29 is 9.47 Å². The third-order valence-corrected chi connectivity index (χ3v) is 3.32. The van der Waals surface area contributed by atoms with Crippen molar-refractivity contribution in [1.82, 2.24) is 10.6 Å². The number of nitrogens with one attached hydrogen (secondary N) is 2. The van der Waals surface area contributed by atoms with Crippen LogP contribution in [0.15, 0.2) is 22.7 Å². The fraction of sp³-hybridized carbons (Fsp3) is 0.571. The highest BCUT2D eigenvalue weighted by molar-refractivity contribution is 9.10. The first-order valence-corrected chi connectivity index (χ1v) is 7.22. The molecule has 0 spiro atoms. The fourth-order valence-corrected chi connectivity index (χ4v) is 2.05. The van der Waals surface area contributed by atoms with E-state index in [0.29, 0.717) is 6.04 Å². The first-order valence-electron chi connectivity index (χ1n) is 6.42. The first kappa shape index (κ1) is 16.4. The van der Waals surface area contributed by atoms with Crippen molar-refractivity contribution in [1.29, 1.82) is 0 Å². The second kappa shape index (κ2) is 9.31. The molecule has 0 aliphatic rings. The van der Waals surface area contributed by atoms with E-state index in [0.717, 1.165) is 42.0 Å². The van der Waals surface area contributed by atoms with Crippen LogP contribution in [0.4, 0.5) is 0 Å². The molecule has 5 heteroatoms. The third-order valence-electron chi connectivity index (χ3n) is 2.82. The van der Waals surface area contributed by atoms with Gasteiger partial charge in [0.05, 0.1) is 13.7 Å². The van der Waals surface area contributed by atoms with Gasteiger partial charge in [0, 0.05) is 42.8 Å². The summed E-state index contributed by atoms with van der Waals surface area (Å²) in [7, 11) is 3.41. The number of hydrogen-bond acceptors (Lipinski definition) is 4. The lowest BCUT2D eigenvalue weighted by Gasteiger charge is -2.16. The van der Waals surface area contributed by atoms with E-state index in [1.807, 2.05) is 12.1 Å². The summed E-state index contributed by atoms with van der Waals surface area (Å²) < 4.78 is 11.4. The predicted octanol–water partition coefficient (Wildman–Crippen LogP) is 2.17. The van der Waals surface area contributed by atoms with Gasteiger partial charge in [0.15, 0.2) is 0 Å². The first-order chi connectivity index (χ1) is 9.17. The van der Waals surface area contributed by atoms with E-state index in [2.05, 4.69) is 39.6 Å². The number of methoxy groups -OCH3 is 2. The number of benzene rings is 1. The second-order valence-electron chi connectivity index (χ2n) is 4.44. The van der Waals surface area contributed by atoms with Crippen molar-refractivity contribution in [2.75, 3.05) is 33.9 Å². The average molecular weight is 331 g/mol. The minimum Gasteiger partial charge on any atom is -0.496 e. The Labute approximate surface area is 124 Å². The summed E-state index contributed by atoms with van der Waals surface area (Å²) in [5.41, 5.74) is 1.16. The molecule has 1 aromatic carbocycles. The highest BCUT2D eigenvalue weighted by atomic mass is 79.9. The summed E-state index contributed by atoms with van der Waals surface area (Å²) in [5, 5.41) is 6.81. The van der Waals surface area contributed by atoms with Crippen LogP contribution in [0, 0.1) is 0 Å². The van der Waals surface area contributed by atoms with Crippen molar-refractivity contribution >= 4 is 15.9 Å². The Bertz CT molecular complexity index is 374. The van der Waals surface area contributed by atoms with E-state index in [1.54, 1.807) is 14.2 Å². The van der Waals surface area contributed by atoms with Gasteiger partial charge in [-0.15, -0.1) is 0 Å². The fourth-order valence-electron chi connectivity index (χ4n) is 1.71. The summed E-state index contributed by atoms with van der Waals surface area (Å²) in [4.78, 5) is 0. The molecular weight excluding hydrogens is 308 g/mol. The summed E-state index contributed by atoms with van der Waals surface area (Å²) in [6, 6.07) is 6.48. The smallest absolute Gasteiger partial charge is 0.124 e. The molecule has 108 valence electrons. The molecule has 0 bridgehead atoms. The molecule has 0 heterocycles. The van der Waals surface area contributed by atoms with E-state index in [4.69, 9.17) is 9.47 Å². The van der Waals surface area contributed by atoms with Gasteiger partial charge in [0.2, 0.25) is 0 Å². The van der Waals surface area contributed by atoms with Crippen LogP contribution in [0.5, 0.6) is 5.75 Å². The molecule has 1 unspecified atom stereocenters. The normalized spacial score (nSPS) is 12.4. The van der Waals surface area contributed by atoms with Crippen LogP contribution >= 0.6 is 15.9 Å². The molecule has 1 atom stereocenters. The SMILES string of the molecule is COCCNCC(C)NCc1ccc(Br)cc1OC.